The summed E-state index contributed by atoms with van der Waals surface area (Å²) in [6.45, 7) is 4.58. The minimum Gasteiger partial charge on any atom is -0.476 e. The minimum absolute atomic E-state index is 0.177. The lowest BCUT2D eigenvalue weighted by atomic mass is 10.1. The Kier molecular flexibility index (Phi) is 4.96. The van der Waals surface area contributed by atoms with Gasteiger partial charge >= 0.3 is 0 Å². The van der Waals surface area contributed by atoms with Gasteiger partial charge < -0.3 is 9.47 Å². The lowest BCUT2D eigenvalue weighted by Gasteiger charge is -2.22. The number of nitrogens with zero attached hydrogens (tertiary/aromatic N) is 2. The largest absolute Gasteiger partial charge is 0.476 e. The first kappa shape index (κ1) is 13.2. The lowest BCUT2D eigenvalue weighted by molar-refractivity contribution is 0.00500. The number of methoxy groups -OCH3 is 1. The molecule has 0 aromatic carbocycles. The van der Waals surface area contributed by atoms with Crippen LogP contribution in [0.15, 0.2) is 12.1 Å². The Morgan fingerprint density at radius 1 is 1.31 bits per heavy atom. The molecule has 0 saturated heterocycles. The molecule has 0 spiro atoms. The van der Waals surface area contributed by atoms with Gasteiger partial charge in [0.2, 0.25) is 5.88 Å². The second-order valence-electron chi connectivity index (χ2n) is 4.06. The van der Waals surface area contributed by atoms with Crippen LogP contribution >= 0.6 is 11.6 Å². The standard InChI is InChI=1S/C11H17ClN2O2/c1-11(2,15-3)6-7-16-10-5-4-9(8-12)13-14-10/h4-5H,6-8H2,1-3H3. The van der Waals surface area contributed by atoms with E-state index in [4.69, 9.17) is 21.1 Å². The van der Waals surface area contributed by atoms with E-state index in [0.29, 0.717) is 18.4 Å². The molecule has 1 rings (SSSR count). The van der Waals surface area contributed by atoms with Gasteiger partial charge in [-0.1, -0.05) is 0 Å². The highest BCUT2D eigenvalue weighted by Crippen LogP contribution is 2.14. The van der Waals surface area contributed by atoms with Crippen molar-refractivity contribution in [1.82, 2.24) is 10.2 Å². The van der Waals surface area contributed by atoms with Crippen LogP contribution in [0, 0.1) is 0 Å². The summed E-state index contributed by atoms with van der Waals surface area (Å²) in [5, 5.41) is 7.79. The molecule has 0 aliphatic rings. The zero-order chi connectivity index (χ0) is 12.0. The van der Waals surface area contributed by atoms with E-state index in [1.165, 1.54) is 0 Å². The minimum atomic E-state index is -0.177. The Morgan fingerprint density at radius 3 is 2.56 bits per heavy atom. The Balaban J connectivity index is 2.37. The number of hydrogen-bond donors (Lipinski definition) is 0. The third kappa shape index (κ3) is 4.33. The molecular formula is C11H17ClN2O2. The van der Waals surface area contributed by atoms with Gasteiger partial charge in [-0.05, 0) is 19.9 Å². The molecule has 16 heavy (non-hydrogen) atoms. The highest BCUT2D eigenvalue weighted by atomic mass is 35.5. The van der Waals surface area contributed by atoms with Gasteiger partial charge in [0.15, 0.2) is 0 Å². The molecule has 1 aromatic rings. The SMILES string of the molecule is COC(C)(C)CCOc1ccc(CCl)nn1. The molecule has 0 bridgehead atoms. The summed E-state index contributed by atoms with van der Waals surface area (Å²) in [5.74, 6) is 0.880. The number of aromatic nitrogens is 2. The molecule has 0 fully saturated rings. The van der Waals surface area contributed by atoms with Crippen LogP contribution in [0.25, 0.3) is 0 Å². The van der Waals surface area contributed by atoms with Crippen molar-refractivity contribution in [3.8, 4) is 5.88 Å². The molecule has 1 heterocycles. The summed E-state index contributed by atoms with van der Waals surface area (Å²) in [6.07, 6.45) is 0.794. The van der Waals surface area contributed by atoms with Crippen LogP contribution in [0.2, 0.25) is 0 Å². The number of hydrogen-bond acceptors (Lipinski definition) is 4. The van der Waals surface area contributed by atoms with E-state index < -0.39 is 0 Å². The monoisotopic (exact) mass is 244 g/mol. The maximum atomic E-state index is 5.60. The molecule has 1 aromatic heterocycles. The molecule has 0 N–H and O–H groups in total. The van der Waals surface area contributed by atoms with Gasteiger partial charge in [-0.3, -0.25) is 0 Å². The number of ether oxygens (including phenoxy) is 2. The van der Waals surface area contributed by atoms with Crippen LogP contribution < -0.4 is 4.74 Å². The summed E-state index contributed by atoms with van der Waals surface area (Å²) in [4.78, 5) is 0. The predicted molar refractivity (Wildman–Crippen MR) is 62.8 cm³/mol. The summed E-state index contributed by atoms with van der Waals surface area (Å²) >= 11 is 5.60. The fourth-order valence-corrected chi connectivity index (χ4v) is 1.14. The molecular weight excluding hydrogens is 228 g/mol. The average molecular weight is 245 g/mol. The fourth-order valence-electron chi connectivity index (χ4n) is 0.999. The van der Waals surface area contributed by atoms with Crippen molar-refractivity contribution in [1.29, 1.82) is 0 Å². The predicted octanol–water partition coefficient (Wildman–Crippen LogP) is 2.41. The number of halogens is 1. The quantitative estimate of drug-likeness (QED) is 0.721. The van der Waals surface area contributed by atoms with Crippen LogP contribution in [-0.2, 0) is 10.6 Å². The first-order valence-electron chi connectivity index (χ1n) is 5.14. The van der Waals surface area contributed by atoms with Crippen molar-refractivity contribution < 1.29 is 9.47 Å². The van der Waals surface area contributed by atoms with Crippen LogP contribution in [0.1, 0.15) is 26.0 Å². The first-order chi connectivity index (χ1) is 7.57. The first-order valence-corrected chi connectivity index (χ1v) is 5.67. The van der Waals surface area contributed by atoms with E-state index in [1.54, 1.807) is 19.2 Å². The van der Waals surface area contributed by atoms with Crippen molar-refractivity contribution in [2.75, 3.05) is 13.7 Å². The number of rotatable bonds is 6. The summed E-state index contributed by atoms with van der Waals surface area (Å²) in [7, 11) is 1.69. The number of alkyl halides is 1. The van der Waals surface area contributed by atoms with Crippen molar-refractivity contribution in [3.63, 3.8) is 0 Å². The average Bonchev–Trinajstić information content (AvgIpc) is 2.30. The van der Waals surface area contributed by atoms with E-state index in [0.717, 1.165) is 12.1 Å². The zero-order valence-electron chi connectivity index (χ0n) is 9.86. The van der Waals surface area contributed by atoms with Gasteiger partial charge in [-0.25, -0.2) is 0 Å². The summed E-state index contributed by atoms with van der Waals surface area (Å²) < 4.78 is 10.7. The topological polar surface area (TPSA) is 44.2 Å². The summed E-state index contributed by atoms with van der Waals surface area (Å²) in [5.41, 5.74) is 0.565. The Hall–Kier alpha value is -0.870. The molecule has 0 aliphatic heterocycles. The van der Waals surface area contributed by atoms with Crippen LogP contribution in [0.5, 0.6) is 5.88 Å². The molecule has 0 atom stereocenters. The smallest absolute Gasteiger partial charge is 0.233 e. The molecule has 0 aliphatic carbocycles. The second kappa shape index (κ2) is 6.01. The Labute approximate surface area is 101 Å². The zero-order valence-corrected chi connectivity index (χ0v) is 10.6. The van der Waals surface area contributed by atoms with Gasteiger partial charge in [0.1, 0.15) is 0 Å². The molecule has 90 valence electrons. The van der Waals surface area contributed by atoms with Gasteiger partial charge in [0, 0.05) is 19.6 Å². The van der Waals surface area contributed by atoms with E-state index in [9.17, 15) is 0 Å². The third-order valence-electron chi connectivity index (χ3n) is 2.34. The van der Waals surface area contributed by atoms with Crippen molar-refractivity contribution in [2.24, 2.45) is 0 Å². The normalized spacial score (nSPS) is 11.5. The lowest BCUT2D eigenvalue weighted by Crippen LogP contribution is -2.25. The molecule has 4 nitrogen and oxygen atoms in total. The van der Waals surface area contributed by atoms with Gasteiger partial charge in [0.05, 0.1) is 23.8 Å². The molecule has 5 heteroatoms. The molecule has 0 amide bonds. The van der Waals surface area contributed by atoms with Crippen molar-refractivity contribution in [2.45, 2.75) is 31.7 Å². The highest BCUT2D eigenvalue weighted by Gasteiger charge is 2.16. The molecule has 0 unspecified atom stereocenters. The highest BCUT2D eigenvalue weighted by molar-refractivity contribution is 6.16. The van der Waals surface area contributed by atoms with E-state index >= 15 is 0 Å². The Bertz CT molecular complexity index is 314. The fraction of sp³-hybridized carbons (Fsp3) is 0.636. The summed E-state index contributed by atoms with van der Waals surface area (Å²) in [6, 6.07) is 3.57. The van der Waals surface area contributed by atoms with Gasteiger partial charge in [-0.2, -0.15) is 5.10 Å². The van der Waals surface area contributed by atoms with Crippen LogP contribution in [0.4, 0.5) is 0 Å². The van der Waals surface area contributed by atoms with E-state index in [1.807, 2.05) is 13.8 Å². The van der Waals surface area contributed by atoms with Crippen LogP contribution in [0.3, 0.4) is 0 Å². The van der Waals surface area contributed by atoms with E-state index in [-0.39, 0.29) is 5.60 Å². The third-order valence-corrected chi connectivity index (χ3v) is 2.61. The van der Waals surface area contributed by atoms with E-state index in [2.05, 4.69) is 10.2 Å². The van der Waals surface area contributed by atoms with Gasteiger partial charge in [0.25, 0.3) is 0 Å². The maximum absolute atomic E-state index is 5.60. The van der Waals surface area contributed by atoms with Crippen LogP contribution in [-0.4, -0.2) is 29.5 Å². The second-order valence-corrected chi connectivity index (χ2v) is 4.33. The molecule has 0 saturated carbocycles. The van der Waals surface area contributed by atoms with Crippen molar-refractivity contribution >= 4 is 11.6 Å². The Morgan fingerprint density at radius 2 is 2.06 bits per heavy atom. The van der Waals surface area contributed by atoms with Gasteiger partial charge in [-0.15, -0.1) is 16.7 Å². The molecule has 0 radical (unpaired) electrons. The van der Waals surface area contributed by atoms with Crippen molar-refractivity contribution in [3.05, 3.63) is 17.8 Å². The maximum Gasteiger partial charge on any atom is 0.233 e.